The van der Waals surface area contributed by atoms with Crippen molar-refractivity contribution in [3.8, 4) is 0 Å². The standard InChI is InChI=1S/C17H28N2O4/c1-22-15(20)9-14-10-19(5-6-23-14)17(21)13-7-11-3-2-4-12(8-13)16(11)18/h11-14,16H,2-10,18H2,1H3. The molecule has 3 unspecified atom stereocenters. The predicted molar refractivity (Wildman–Crippen MR) is 84.5 cm³/mol. The lowest BCUT2D eigenvalue weighted by atomic mass is 9.65. The Morgan fingerprint density at radius 3 is 2.61 bits per heavy atom. The van der Waals surface area contributed by atoms with E-state index in [9.17, 15) is 9.59 Å². The number of nitrogens with two attached hydrogens (primary N) is 1. The highest BCUT2D eigenvalue weighted by atomic mass is 16.5. The number of methoxy groups -OCH3 is 1. The third kappa shape index (κ3) is 3.69. The summed E-state index contributed by atoms with van der Waals surface area (Å²) in [5.41, 5.74) is 6.32. The normalized spacial score (nSPS) is 37.3. The summed E-state index contributed by atoms with van der Waals surface area (Å²) in [4.78, 5) is 26.2. The van der Waals surface area contributed by atoms with Gasteiger partial charge in [0.05, 0.1) is 26.2 Å². The zero-order valence-corrected chi connectivity index (χ0v) is 13.9. The van der Waals surface area contributed by atoms with Crippen molar-refractivity contribution in [2.45, 2.75) is 50.7 Å². The summed E-state index contributed by atoms with van der Waals surface area (Å²) in [6, 6.07) is 0.282. The van der Waals surface area contributed by atoms with E-state index in [1.807, 2.05) is 4.90 Å². The highest BCUT2D eigenvalue weighted by molar-refractivity contribution is 5.79. The first-order chi connectivity index (χ1) is 11.1. The van der Waals surface area contributed by atoms with E-state index in [4.69, 9.17) is 15.2 Å². The lowest BCUT2D eigenvalue weighted by Crippen LogP contribution is -2.52. The van der Waals surface area contributed by atoms with Gasteiger partial charge < -0.3 is 20.1 Å². The molecule has 1 saturated heterocycles. The molecular weight excluding hydrogens is 296 g/mol. The highest BCUT2D eigenvalue weighted by Crippen LogP contribution is 2.42. The smallest absolute Gasteiger partial charge is 0.308 e. The van der Waals surface area contributed by atoms with Crippen LogP contribution < -0.4 is 5.73 Å². The Kier molecular flexibility index (Phi) is 5.21. The van der Waals surface area contributed by atoms with Gasteiger partial charge in [0.25, 0.3) is 0 Å². The third-order valence-corrected chi connectivity index (χ3v) is 5.83. The first-order valence-corrected chi connectivity index (χ1v) is 8.81. The van der Waals surface area contributed by atoms with Crippen LogP contribution in [0.5, 0.6) is 0 Å². The molecule has 3 rings (SSSR count). The average Bonchev–Trinajstić information content (AvgIpc) is 2.54. The number of amides is 1. The number of carbonyl (C=O) groups is 2. The van der Waals surface area contributed by atoms with Gasteiger partial charge in [-0.1, -0.05) is 6.42 Å². The van der Waals surface area contributed by atoms with Crippen LogP contribution in [-0.4, -0.2) is 55.7 Å². The molecule has 2 saturated carbocycles. The Hall–Kier alpha value is -1.14. The van der Waals surface area contributed by atoms with Crippen molar-refractivity contribution in [3.63, 3.8) is 0 Å². The highest BCUT2D eigenvalue weighted by Gasteiger charge is 2.42. The molecule has 3 aliphatic rings. The van der Waals surface area contributed by atoms with Crippen LogP contribution in [0.2, 0.25) is 0 Å². The Balaban J connectivity index is 1.58. The van der Waals surface area contributed by atoms with Crippen molar-refractivity contribution in [2.75, 3.05) is 26.8 Å². The summed E-state index contributed by atoms with van der Waals surface area (Å²) >= 11 is 0. The fourth-order valence-electron chi connectivity index (χ4n) is 4.56. The largest absolute Gasteiger partial charge is 0.469 e. The van der Waals surface area contributed by atoms with Gasteiger partial charge in [-0.3, -0.25) is 9.59 Å². The molecule has 3 atom stereocenters. The van der Waals surface area contributed by atoms with Gasteiger partial charge in [-0.15, -0.1) is 0 Å². The van der Waals surface area contributed by atoms with Crippen LogP contribution in [0, 0.1) is 17.8 Å². The fraction of sp³-hybridized carbons (Fsp3) is 0.882. The number of rotatable bonds is 3. The minimum Gasteiger partial charge on any atom is -0.469 e. The maximum absolute atomic E-state index is 12.9. The van der Waals surface area contributed by atoms with Gasteiger partial charge in [0.15, 0.2) is 0 Å². The van der Waals surface area contributed by atoms with E-state index in [0.29, 0.717) is 31.5 Å². The van der Waals surface area contributed by atoms with E-state index in [0.717, 1.165) is 25.7 Å². The second kappa shape index (κ2) is 7.18. The number of ether oxygens (including phenoxy) is 2. The predicted octanol–water partition coefficient (Wildman–Crippen LogP) is 0.931. The van der Waals surface area contributed by atoms with Gasteiger partial charge in [-0.05, 0) is 37.5 Å². The topological polar surface area (TPSA) is 81.9 Å². The van der Waals surface area contributed by atoms with Crippen molar-refractivity contribution in [3.05, 3.63) is 0 Å². The minimum absolute atomic E-state index is 0.0991. The second-order valence-corrected chi connectivity index (χ2v) is 7.25. The van der Waals surface area contributed by atoms with Gasteiger partial charge in [-0.25, -0.2) is 0 Å². The lowest BCUT2D eigenvalue weighted by Gasteiger charge is -2.45. The molecule has 0 aromatic rings. The summed E-state index contributed by atoms with van der Waals surface area (Å²) in [6.45, 7) is 1.60. The molecule has 0 aromatic heterocycles. The van der Waals surface area contributed by atoms with Crippen molar-refractivity contribution >= 4 is 11.9 Å². The molecule has 2 bridgehead atoms. The number of nitrogens with zero attached hydrogens (tertiary/aromatic N) is 1. The minimum atomic E-state index is -0.289. The molecule has 0 aromatic carbocycles. The number of hydrogen-bond acceptors (Lipinski definition) is 5. The number of morpholine rings is 1. The number of fused-ring (bicyclic) bond motifs is 2. The van der Waals surface area contributed by atoms with E-state index in [2.05, 4.69) is 0 Å². The summed E-state index contributed by atoms with van der Waals surface area (Å²) in [5.74, 6) is 1.04. The van der Waals surface area contributed by atoms with Crippen LogP contribution in [0.4, 0.5) is 0 Å². The molecule has 1 aliphatic heterocycles. The molecule has 130 valence electrons. The fourth-order valence-corrected chi connectivity index (χ4v) is 4.56. The quantitative estimate of drug-likeness (QED) is 0.781. The second-order valence-electron chi connectivity index (χ2n) is 7.25. The Labute approximate surface area is 137 Å². The Bertz CT molecular complexity index is 442. The molecule has 1 heterocycles. The first-order valence-electron chi connectivity index (χ1n) is 8.81. The molecular formula is C17H28N2O4. The molecule has 0 radical (unpaired) electrons. The van der Waals surface area contributed by atoms with Crippen molar-refractivity contribution in [1.29, 1.82) is 0 Å². The summed E-state index contributed by atoms with van der Waals surface area (Å²) in [6.07, 6.45) is 5.39. The van der Waals surface area contributed by atoms with Crippen molar-refractivity contribution < 1.29 is 19.1 Å². The van der Waals surface area contributed by atoms with Gasteiger partial charge >= 0.3 is 5.97 Å². The van der Waals surface area contributed by atoms with E-state index < -0.39 is 0 Å². The van der Waals surface area contributed by atoms with Crippen LogP contribution in [-0.2, 0) is 19.1 Å². The van der Waals surface area contributed by atoms with Gasteiger partial charge in [0.2, 0.25) is 5.91 Å². The van der Waals surface area contributed by atoms with Crippen molar-refractivity contribution in [1.82, 2.24) is 4.90 Å². The first kappa shape index (κ1) is 16.7. The summed E-state index contributed by atoms with van der Waals surface area (Å²) in [5, 5.41) is 0. The molecule has 3 fully saturated rings. The van der Waals surface area contributed by atoms with Gasteiger partial charge in [0.1, 0.15) is 0 Å². The van der Waals surface area contributed by atoms with Crippen LogP contribution in [0.25, 0.3) is 0 Å². The van der Waals surface area contributed by atoms with Crippen LogP contribution in [0.15, 0.2) is 0 Å². The van der Waals surface area contributed by atoms with Crippen molar-refractivity contribution in [2.24, 2.45) is 23.5 Å². The zero-order chi connectivity index (χ0) is 16.4. The van der Waals surface area contributed by atoms with E-state index in [1.54, 1.807) is 0 Å². The van der Waals surface area contributed by atoms with Crippen LogP contribution in [0.1, 0.15) is 38.5 Å². The summed E-state index contributed by atoms with van der Waals surface area (Å²) in [7, 11) is 1.37. The lowest BCUT2D eigenvalue weighted by molar-refractivity contribution is -0.153. The molecule has 6 nitrogen and oxygen atoms in total. The molecule has 1 amide bonds. The monoisotopic (exact) mass is 324 g/mol. The number of hydrogen-bond donors (Lipinski definition) is 1. The number of esters is 1. The summed E-state index contributed by atoms with van der Waals surface area (Å²) < 4.78 is 10.3. The van der Waals surface area contributed by atoms with Crippen LogP contribution >= 0.6 is 0 Å². The van der Waals surface area contributed by atoms with E-state index in [-0.39, 0.29) is 36.4 Å². The van der Waals surface area contributed by atoms with E-state index >= 15 is 0 Å². The van der Waals surface area contributed by atoms with E-state index in [1.165, 1.54) is 13.5 Å². The van der Waals surface area contributed by atoms with Gasteiger partial charge in [0, 0.05) is 25.0 Å². The third-order valence-electron chi connectivity index (χ3n) is 5.83. The van der Waals surface area contributed by atoms with Gasteiger partial charge in [-0.2, -0.15) is 0 Å². The SMILES string of the molecule is COC(=O)CC1CN(C(=O)C2CC3CCCC(C2)C3N)CCO1. The Morgan fingerprint density at radius 1 is 1.26 bits per heavy atom. The molecule has 6 heteroatoms. The molecule has 23 heavy (non-hydrogen) atoms. The molecule has 0 spiro atoms. The maximum Gasteiger partial charge on any atom is 0.308 e. The molecule has 2 aliphatic carbocycles. The van der Waals surface area contributed by atoms with Crippen LogP contribution in [0.3, 0.4) is 0 Å². The Morgan fingerprint density at radius 2 is 1.96 bits per heavy atom. The molecule has 2 N–H and O–H groups in total. The number of carbonyl (C=O) groups excluding carboxylic acids is 2. The average molecular weight is 324 g/mol. The zero-order valence-electron chi connectivity index (χ0n) is 13.9. The maximum atomic E-state index is 12.9.